The van der Waals surface area contributed by atoms with Gasteiger partial charge >= 0.3 is 0 Å². The molecule has 2 aromatic rings. The summed E-state index contributed by atoms with van der Waals surface area (Å²) in [4.78, 5) is 4.18. The molecule has 0 aliphatic heterocycles. The van der Waals surface area contributed by atoms with E-state index in [9.17, 15) is 0 Å². The topological polar surface area (TPSA) is 47.7 Å². The van der Waals surface area contributed by atoms with Gasteiger partial charge in [-0.1, -0.05) is 6.92 Å². The quantitative estimate of drug-likeness (QED) is 0.847. The molecule has 0 amide bonds. The number of imidazole rings is 1. The molecule has 0 spiro atoms. The van der Waals surface area contributed by atoms with E-state index in [0.717, 1.165) is 18.8 Å². The molecule has 0 radical (unpaired) electrons. The molecule has 2 aromatic heterocycles. The lowest BCUT2D eigenvalue weighted by molar-refractivity contribution is 0.524. The Hall–Kier alpha value is -1.62. The molecule has 0 saturated carbocycles. The molecule has 0 aliphatic carbocycles. The highest BCUT2D eigenvalue weighted by Crippen LogP contribution is 2.20. The Morgan fingerprint density at radius 1 is 1.35 bits per heavy atom. The van der Waals surface area contributed by atoms with Crippen LogP contribution in [0.1, 0.15) is 31.3 Å². The van der Waals surface area contributed by atoms with Gasteiger partial charge in [0.25, 0.3) is 0 Å². The van der Waals surface area contributed by atoms with Crippen LogP contribution in [0.3, 0.4) is 0 Å². The molecular weight excluding hydrogens is 214 g/mol. The maximum absolute atomic E-state index is 4.32. The van der Waals surface area contributed by atoms with Crippen molar-refractivity contribution in [2.24, 2.45) is 7.05 Å². The lowest BCUT2D eigenvalue weighted by Crippen LogP contribution is -2.26. The van der Waals surface area contributed by atoms with Crippen LogP contribution >= 0.6 is 0 Å². The van der Waals surface area contributed by atoms with Crippen molar-refractivity contribution in [3.63, 3.8) is 0 Å². The number of aryl methyl sites for hydroxylation is 2. The van der Waals surface area contributed by atoms with Gasteiger partial charge in [0.15, 0.2) is 0 Å². The standard InChI is InChI=1S/C12H19N5/c1-4-14-12(11-8-13-9-16(11)3)10-6-7-15-17(10)5-2/h6-9,12,14H,4-5H2,1-3H3. The van der Waals surface area contributed by atoms with Crippen molar-refractivity contribution >= 4 is 0 Å². The number of hydrogen-bond acceptors (Lipinski definition) is 3. The van der Waals surface area contributed by atoms with Crippen molar-refractivity contribution in [1.29, 1.82) is 0 Å². The van der Waals surface area contributed by atoms with E-state index in [1.54, 1.807) is 0 Å². The van der Waals surface area contributed by atoms with Crippen LogP contribution < -0.4 is 5.32 Å². The molecule has 17 heavy (non-hydrogen) atoms. The predicted molar refractivity (Wildman–Crippen MR) is 66.6 cm³/mol. The smallest absolute Gasteiger partial charge is 0.0946 e. The van der Waals surface area contributed by atoms with Crippen LogP contribution in [0.25, 0.3) is 0 Å². The van der Waals surface area contributed by atoms with Crippen LogP contribution in [0.15, 0.2) is 24.8 Å². The zero-order valence-electron chi connectivity index (χ0n) is 10.6. The number of rotatable bonds is 5. The maximum atomic E-state index is 4.32. The SMILES string of the molecule is CCNC(c1cncn1C)c1ccnn1CC. The summed E-state index contributed by atoms with van der Waals surface area (Å²) >= 11 is 0. The molecular formula is C12H19N5. The second-order valence-electron chi connectivity index (χ2n) is 3.99. The van der Waals surface area contributed by atoms with Gasteiger partial charge < -0.3 is 9.88 Å². The average molecular weight is 233 g/mol. The predicted octanol–water partition coefficient (Wildman–Crippen LogP) is 1.34. The zero-order chi connectivity index (χ0) is 12.3. The minimum absolute atomic E-state index is 0.148. The summed E-state index contributed by atoms with van der Waals surface area (Å²) in [6.07, 6.45) is 5.58. The fourth-order valence-corrected chi connectivity index (χ4v) is 2.06. The van der Waals surface area contributed by atoms with Crippen molar-refractivity contribution in [2.75, 3.05) is 6.54 Å². The molecule has 1 unspecified atom stereocenters. The van der Waals surface area contributed by atoms with E-state index in [2.05, 4.69) is 35.3 Å². The van der Waals surface area contributed by atoms with Gasteiger partial charge in [-0.3, -0.25) is 4.68 Å². The van der Waals surface area contributed by atoms with Crippen LogP contribution in [0.2, 0.25) is 0 Å². The van der Waals surface area contributed by atoms with Crippen LogP contribution in [-0.4, -0.2) is 25.9 Å². The Kier molecular flexibility index (Phi) is 3.58. The lowest BCUT2D eigenvalue weighted by atomic mass is 10.1. The number of nitrogens with one attached hydrogen (secondary N) is 1. The normalized spacial score (nSPS) is 12.9. The van der Waals surface area contributed by atoms with Crippen molar-refractivity contribution in [3.8, 4) is 0 Å². The Morgan fingerprint density at radius 3 is 2.76 bits per heavy atom. The van der Waals surface area contributed by atoms with E-state index < -0.39 is 0 Å². The van der Waals surface area contributed by atoms with Crippen molar-refractivity contribution in [1.82, 2.24) is 24.6 Å². The lowest BCUT2D eigenvalue weighted by Gasteiger charge is -2.19. The maximum Gasteiger partial charge on any atom is 0.0946 e. The van der Waals surface area contributed by atoms with Crippen molar-refractivity contribution in [2.45, 2.75) is 26.4 Å². The summed E-state index contributed by atoms with van der Waals surface area (Å²) < 4.78 is 4.06. The Labute approximate surface area is 101 Å². The third-order valence-electron chi connectivity index (χ3n) is 2.90. The van der Waals surface area contributed by atoms with Gasteiger partial charge in [-0.25, -0.2) is 4.98 Å². The molecule has 0 bridgehead atoms. The molecule has 0 aromatic carbocycles. The van der Waals surface area contributed by atoms with E-state index >= 15 is 0 Å². The third kappa shape index (κ3) is 2.24. The molecule has 0 aliphatic rings. The highest BCUT2D eigenvalue weighted by atomic mass is 15.3. The summed E-state index contributed by atoms with van der Waals surface area (Å²) in [7, 11) is 2.01. The van der Waals surface area contributed by atoms with Gasteiger partial charge in [-0.05, 0) is 19.5 Å². The highest BCUT2D eigenvalue weighted by molar-refractivity contribution is 5.20. The molecule has 1 atom stereocenters. The van der Waals surface area contributed by atoms with Crippen LogP contribution in [-0.2, 0) is 13.6 Å². The van der Waals surface area contributed by atoms with Gasteiger partial charge in [0.05, 0.1) is 30.0 Å². The average Bonchev–Trinajstić information content (AvgIpc) is 2.94. The summed E-state index contributed by atoms with van der Waals surface area (Å²) in [5.74, 6) is 0. The van der Waals surface area contributed by atoms with Gasteiger partial charge in [-0.2, -0.15) is 5.10 Å². The summed E-state index contributed by atoms with van der Waals surface area (Å²) in [6, 6.07) is 2.21. The van der Waals surface area contributed by atoms with Gasteiger partial charge in [0, 0.05) is 19.8 Å². The molecule has 92 valence electrons. The third-order valence-corrected chi connectivity index (χ3v) is 2.90. The zero-order valence-corrected chi connectivity index (χ0v) is 10.6. The van der Waals surface area contributed by atoms with E-state index in [4.69, 9.17) is 0 Å². The first-order valence-corrected chi connectivity index (χ1v) is 5.99. The Balaban J connectivity index is 2.39. The van der Waals surface area contributed by atoms with E-state index in [1.807, 2.05) is 35.0 Å². The summed E-state index contributed by atoms with van der Waals surface area (Å²) in [5, 5.41) is 7.81. The van der Waals surface area contributed by atoms with Gasteiger partial charge in [-0.15, -0.1) is 0 Å². The first kappa shape index (κ1) is 11.9. The molecule has 2 rings (SSSR count). The monoisotopic (exact) mass is 233 g/mol. The molecule has 1 N–H and O–H groups in total. The van der Waals surface area contributed by atoms with Crippen molar-refractivity contribution < 1.29 is 0 Å². The highest BCUT2D eigenvalue weighted by Gasteiger charge is 2.19. The minimum atomic E-state index is 0.148. The summed E-state index contributed by atoms with van der Waals surface area (Å²) in [6.45, 7) is 5.99. The van der Waals surface area contributed by atoms with E-state index in [0.29, 0.717) is 0 Å². The van der Waals surface area contributed by atoms with Gasteiger partial charge in [0.2, 0.25) is 0 Å². The van der Waals surface area contributed by atoms with Crippen LogP contribution in [0.4, 0.5) is 0 Å². The molecule has 0 saturated heterocycles. The number of aromatic nitrogens is 4. The molecule has 2 heterocycles. The summed E-state index contributed by atoms with van der Waals surface area (Å²) in [5.41, 5.74) is 2.33. The first-order valence-electron chi connectivity index (χ1n) is 5.99. The fraction of sp³-hybridized carbons (Fsp3) is 0.500. The first-order chi connectivity index (χ1) is 8.27. The Bertz CT molecular complexity index is 471. The number of nitrogens with zero attached hydrogens (tertiary/aromatic N) is 4. The fourth-order valence-electron chi connectivity index (χ4n) is 2.06. The van der Waals surface area contributed by atoms with E-state index in [-0.39, 0.29) is 6.04 Å². The van der Waals surface area contributed by atoms with Crippen LogP contribution in [0.5, 0.6) is 0 Å². The molecule has 5 heteroatoms. The van der Waals surface area contributed by atoms with Crippen molar-refractivity contribution in [3.05, 3.63) is 36.2 Å². The minimum Gasteiger partial charge on any atom is -0.336 e. The second-order valence-corrected chi connectivity index (χ2v) is 3.99. The van der Waals surface area contributed by atoms with E-state index in [1.165, 1.54) is 5.69 Å². The largest absolute Gasteiger partial charge is 0.336 e. The van der Waals surface area contributed by atoms with Gasteiger partial charge in [0.1, 0.15) is 0 Å². The molecule has 5 nitrogen and oxygen atoms in total. The Morgan fingerprint density at radius 2 is 2.18 bits per heavy atom. The number of hydrogen-bond donors (Lipinski definition) is 1. The molecule has 0 fully saturated rings. The van der Waals surface area contributed by atoms with Crippen LogP contribution in [0, 0.1) is 0 Å². The second kappa shape index (κ2) is 5.14.